The summed E-state index contributed by atoms with van der Waals surface area (Å²) in [6.07, 6.45) is -4.39. The molecule has 0 atom stereocenters. The number of hydrogen-bond acceptors (Lipinski definition) is 1. The van der Waals surface area contributed by atoms with Crippen LogP contribution in [0.25, 0.3) is 0 Å². The zero-order chi connectivity index (χ0) is 12.2. The van der Waals surface area contributed by atoms with Gasteiger partial charge in [-0.05, 0) is 18.2 Å². The van der Waals surface area contributed by atoms with E-state index in [1.54, 1.807) is 0 Å². The minimum Gasteiger partial charge on any atom is -0.298 e. The lowest BCUT2D eigenvalue weighted by Crippen LogP contribution is -2.09. The molecule has 1 nitrogen and oxygen atoms in total. The molecule has 0 bridgehead atoms. The maximum absolute atomic E-state index is 12.5. The highest BCUT2D eigenvalue weighted by atomic mass is 35.5. The summed E-state index contributed by atoms with van der Waals surface area (Å²) in [5.74, 6) is 4.94. The van der Waals surface area contributed by atoms with Crippen LogP contribution in [0.4, 0.5) is 13.2 Å². The first-order valence-electron chi connectivity index (χ1n) is 4.20. The van der Waals surface area contributed by atoms with E-state index in [0.717, 1.165) is 12.1 Å². The van der Waals surface area contributed by atoms with Gasteiger partial charge in [-0.1, -0.05) is 11.8 Å². The predicted octanol–water partition coefficient (Wildman–Crippen LogP) is 3.11. The number of halogens is 4. The van der Waals surface area contributed by atoms with Gasteiger partial charge in [0, 0.05) is 11.1 Å². The first-order chi connectivity index (χ1) is 7.49. The highest BCUT2D eigenvalue weighted by molar-refractivity contribution is 6.19. The molecule has 0 spiro atoms. The summed E-state index contributed by atoms with van der Waals surface area (Å²) in [4.78, 5) is 10.4. The monoisotopic (exact) mass is 246 g/mol. The molecule has 1 aromatic rings. The zero-order valence-electron chi connectivity index (χ0n) is 7.94. The molecule has 0 aliphatic carbocycles. The van der Waals surface area contributed by atoms with Crippen LogP contribution in [-0.2, 0) is 6.18 Å². The summed E-state index contributed by atoms with van der Waals surface area (Å²) in [6.45, 7) is 0. The fourth-order valence-corrected chi connectivity index (χ4v) is 1.18. The van der Waals surface area contributed by atoms with Gasteiger partial charge in [0.25, 0.3) is 0 Å². The van der Waals surface area contributed by atoms with E-state index < -0.39 is 17.3 Å². The fourth-order valence-electron chi connectivity index (χ4n) is 1.12. The zero-order valence-corrected chi connectivity index (χ0v) is 8.69. The quantitative estimate of drug-likeness (QED) is 0.423. The van der Waals surface area contributed by atoms with Crippen LogP contribution in [-0.4, -0.2) is 12.2 Å². The Kier molecular flexibility index (Phi) is 3.97. The van der Waals surface area contributed by atoms with Gasteiger partial charge in [-0.3, -0.25) is 4.79 Å². The van der Waals surface area contributed by atoms with Crippen molar-refractivity contribution in [2.24, 2.45) is 0 Å². The van der Waals surface area contributed by atoms with Gasteiger partial charge in [-0.25, -0.2) is 0 Å². The highest BCUT2D eigenvalue weighted by Crippen LogP contribution is 2.31. The van der Waals surface area contributed by atoms with E-state index in [1.165, 1.54) is 6.07 Å². The molecule has 0 aromatic heterocycles. The van der Waals surface area contributed by atoms with Crippen LogP contribution in [0.3, 0.4) is 0 Å². The third-order valence-electron chi connectivity index (χ3n) is 1.79. The van der Waals surface area contributed by atoms with Gasteiger partial charge in [0.1, 0.15) is 0 Å². The van der Waals surface area contributed by atoms with E-state index in [-0.39, 0.29) is 17.7 Å². The second kappa shape index (κ2) is 5.04. The fraction of sp³-hybridized carbons (Fsp3) is 0.182. The molecule has 0 fully saturated rings. The van der Waals surface area contributed by atoms with Gasteiger partial charge in [0.2, 0.25) is 0 Å². The molecule has 1 aromatic carbocycles. The summed E-state index contributed by atoms with van der Waals surface area (Å²) in [7, 11) is 0. The largest absolute Gasteiger partial charge is 0.417 e. The Bertz CT molecular complexity index is 455. The Morgan fingerprint density at radius 2 is 2.06 bits per heavy atom. The van der Waals surface area contributed by atoms with Crippen molar-refractivity contribution in [1.29, 1.82) is 0 Å². The van der Waals surface area contributed by atoms with Crippen LogP contribution in [0, 0.1) is 11.8 Å². The van der Waals surface area contributed by atoms with E-state index in [0.29, 0.717) is 0 Å². The lowest BCUT2D eigenvalue weighted by Gasteiger charge is -2.09. The Labute approximate surface area is 95.2 Å². The van der Waals surface area contributed by atoms with Crippen molar-refractivity contribution in [3.8, 4) is 11.8 Å². The predicted molar refractivity (Wildman–Crippen MR) is 54.4 cm³/mol. The average Bonchev–Trinajstić information content (AvgIpc) is 2.24. The van der Waals surface area contributed by atoms with Crippen molar-refractivity contribution < 1.29 is 18.0 Å². The summed E-state index contributed by atoms with van der Waals surface area (Å²) >= 11 is 5.29. The van der Waals surface area contributed by atoms with Gasteiger partial charge in [-0.2, -0.15) is 13.2 Å². The van der Waals surface area contributed by atoms with Gasteiger partial charge < -0.3 is 0 Å². The highest BCUT2D eigenvalue weighted by Gasteiger charge is 2.33. The number of carbonyl (C=O) groups excluding carboxylic acids is 1. The molecular formula is C11H6ClF3O. The van der Waals surface area contributed by atoms with Crippen molar-refractivity contribution in [2.75, 3.05) is 5.88 Å². The van der Waals surface area contributed by atoms with Gasteiger partial charge in [0.15, 0.2) is 6.29 Å². The number of benzene rings is 1. The van der Waals surface area contributed by atoms with Gasteiger partial charge in [0.05, 0.1) is 11.4 Å². The molecule has 0 N–H and O–H groups in total. The summed E-state index contributed by atoms with van der Waals surface area (Å²) < 4.78 is 37.5. The Morgan fingerprint density at radius 1 is 1.38 bits per heavy atom. The normalized spacial score (nSPS) is 10.5. The van der Waals surface area contributed by atoms with Crippen molar-refractivity contribution in [3.05, 3.63) is 34.9 Å². The number of alkyl halides is 4. The molecule has 5 heteroatoms. The van der Waals surface area contributed by atoms with Crippen LogP contribution in [0.2, 0.25) is 0 Å². The number of carbonyl (C=O) groups is 1. The third-order valence-corrected chi connectivity index (χ3v) is 1.92. The van der Waals surface area contributed by atoms with Crippen molar-refractivity contribution in [2.45, 2.75) is 6.18 Å². The molecule has 0 radical (unpaired) electrons. The van der Waals surface area contributed by atoms with Gasteiger partial charge in [-0.15, -0.1) is 11.6 Å². The van der Waals surface area contributed by atoms with Crippen molar-refractivity contribution >= 4 is 17.9 Å². The van der Waals surface area contributed by atoms with E-state index in [4.69, 9.17) is 11.6 Å². The van der Waals surface area contributed by atoms with Crippen LogP contribution >= 0.6 is 11.6 Å². The molecule has 0 aliphatic rings. The Morgan fingerprint density at radius 3 is 2.56 bits per heavy atom. The number of aldehydes is 1. The minimum absolute atomic E-state index is 0.0385. The summed E-state index contributed by atoms with van der Waals surface area (Å²) in [6, 6.07) is 3.27. The molecule has 0 saturated heterocycles. The van der Waals surface area contributed by atoms with Crippen LogP contribution < -0.4 is 0 Å². The summed E-state index contributed by atoms with van der Waals surface area (Å²) in [5, 5.41) is 0. The Hall–Kier alpha value is -1.47. The Balaban J connectivity index is 3.27. The molecule has 16 heavy (non-hydrogen) atoms. The smallest absolute Gasteiger partial charge is 0.298 e. The molecule has 1 rings (SSSR count). The second-order valence-corrected chi connectivity index (χ2v) is 3.12. The SMILES string of the molecule is O=Cc1ccc(C#CCCl)cc1C(F)(F)F. The molecule has 0 heterocycles. The van der Waals surface area contributed by atoms with Crippen molar-refractivity contribution in [1.82, 2.24) is 0 Å². The third kappa shape index (κ3) is 3.01. The van der Waals surface area contributed by atoms with Crippen molar-refractivity contribution in [3.63, 3.8) is 0 Å². The molecule has 0 saturated carbocycles. The second-order valence-electron chi connectivity index (χ2n) is 2.85. The van der Waals surface area contributed by atoms with E-state index >= 15 is 0 Å². The maximum atomic E-state index is 12.5. The van der Waals surface area contributed by atoms with Gasteiger partial charge >= 0.3 is 6.18 Å². The number of hydrogen-bond donors (Lipinski definition) is 0. The maximum Gasteiger partial charge on any atom is 0.417 e. The summed E-state index contributed by atoms with van der Waals surface area (Å²) in [5.41, 5.74) is -1.20. The average molecular weight is 247 g/mol. The first-order valence-corrected chi connectivity index (χ1v) is 4.73. The first kappa shape index (κ1) is 12.6. The number of rotatable bonds is 1. The van der Waals surface area contributed by atoms with Crippen LogP contribution in [0.5, 0.6) is 0 Å². The lowest BCUT2D eigenvalue weighted by molar-refractivity contribution is -0.137. The molecule has 84 valence electrons. The van der Waals surface area contributed by atoms with E-state index in [9.17, 15) is 18.0 Å². The van der Waals surface area contributed by atoms with Crippen LogP contribution in [0.15, 0.2) is 18.2 Å². The standard InChI is InChI=1S/C11H6ClF3O/c12-5-1-2-8-3-4-9(7-16)10(6-8)11(13,14)15/h3-4,6-7H,5H2. The minimum atomic E-state index is -4.56. The lowest BCUT2D eigenvalue weighted by atomic mass is 10.0. The van der Waals surface area contributed by atoms with E-state index in [2.05, 4.69) is 11.8 Å². The molecule has 0 amide bonds. The molecular weight excluding hydrogens is 241 g/mol. The van der Waals surface area contributed by atoms with E-state index in [1.807, 2.05) is 0 Å². The molecule has 0 aliphatic heterocycles. The van der Waals surface area contributed by atoms with Crippen LogP contribution in [0.1, 0.15) is 21.5 Å². The molecule has 0 unspecified atom stereocenters. The topological polar surface area (TPSA) is 17.1 Å².